The summed E-state index contributed by atoms with van der Waals surface area (Å²) in [5.74, 6) is 0.913. The third-order valence-corrected chi connectivity index (χ3v) is 5.60. The van der Waals surface area contributed by atoms with Crippen molar-refractivity contribution in [1.82, 2.24) is 30.4 Å². The highest BCUT2D eigenvalue weighted by molar-refractivity contribution is 5.76. The summed E-state index contributed by atoms with van der Waals surface area (Å²) in [6.07, 6.45) is 3.62. The number of nitrogens with one attached hydrogen (secondary N) is 2. The van der Waals surface area contributed by atoms with Gasteiger partial charge in [0.05, 0.1) is 23.6 Å². The molecule has 0 radical (unpaired) electrons. The molecule has 0 fully saturated rings. The zero-order valence-corrected chi connectivity index (χ0v) is 21.3. The van der Waals surface area contributed by atoms with Crippen molar-refractivity contribution in [2.75, 3.05) is 0 Å². The van der Waals surface area contributed by atoms with Crippen LogP contribution in [0.2, 0.25) is 0 Å². The quantitative estimate of drug-likeness (QED) is 0.365. The second kappa shape index (κ2) is 8.64. The van der Waals surface area contributed by atoms with Crippen LogP contribution in [0.4, 0.5) is 0 Å². The Labute approximate surface area is 191 Å². The van der Waals surface area contributed by atoms with Crippen LogP contribution in [-0.4, -0.2) is 30.4 Å². The first-order valence-corrected chi connectivity index (χ1v) is 11.5. The van der Waals surface area contributed by atoms with Crippen LogP contribution in [0.3, 0.4) is 0 Å². The lowest BCUT2D eigenvalue weighted by Crippen LogP contribution is -2.17. The average molecular weight is 435 g/mol. The number of rotatable bonds is 2. The predicted molar refractivity (Wildman–Crippen MR) is 133 cm³/mol. The number of fused-ring (bicyclic) bond motifs is 2. The highest BCUT2D eigenvalue weighted by Crippen LogP contribution is 2.32. The molecule has 0 unspecified atom stereocenters. The van der Waals surface area contributed by atoms with E-state index in [0.29, 0.717) is 11.8 Å². The summed E-state index contributed by atoms with van der Waals surface area (Å²) in [4.78, 5) is 9.42. The van der Waals surface area contributed by atoms with E-state index in [1.165, 1.54) is 22.5 Å². The van der Waals surface area contributed by atoms with Crippen LogP contribution in [0.5, 0.6) is 0 Å². The Morgan fingerprint density at radius 3 is 1.97 bits per heavy atom. The minimum absolute atomic E-state index is 0.0745. The zero-order valence-electron chi connectivity index (χ0n) is 21.3. The van der Waals surface area contributed by atoms with E-state index in [9.17, 15) is 0 Å². The largest absolute Gasteiger partial charge is 0.276 e. The van der Waals surface area contributed by atoms with Gasteiger partial charge in [0.25, 0.3) is 0 Å². The summed E-state index contributed by atoms with van der Waals surface area (Å²) in [6, 6.07) is 4.39. The highest BCUT2D eigenvalue weighted by Gasteiger charge is 2.23. The van der Waals surface area contributed by atoms with Gasteiger partial charge >= 0.3 is 0 Å². The minimum Gasteiger partial charge on any atom is -0.276 e. The van der Waals surface area contributed by atoms with Gasteiger partial charge in [0.2, 0.25) is 0 Å². The van der Waals surface area contributed by atoms with E-state index in [1.54, 1.807) is 6.20 Å². The average Bonchev–Trinajstić information content (AvgIpc) is 3.33. The van der Waals surface area contributed by atoms with Gasteiger partial charge in [-0.05, 0) is 40.5 Å². The van der Waals surface area contributed by atoms with E-state index in [2.05, 4.69) is 107 Å². The molecule has 32 heavy (non-hydrogen) atoms. The van der Waals surface area contributed by atoms with E-state index < -0.39 is 0 Å². The Kier molecular flexibility index (Phi) is 6.45. The molecule has 2 N–H and O–H groups in total. The molecule has 4 heterocycles. The molecule has 4 rings (SSSR count). The summed E-state index contributed by atoms with van der Waals surface area (Å²) in [5.41, 5.74) is 8.03. The third-order valence-electron chi connectivity index (χ3n) is 5.60. The molecular formula is C26H38N6. The molecule has 0 aromatic carbocycles. The van der Waals surface area contributed by atoms with E-state index >= 15 is 0 Å². The van der Waals surface area contributed by atoms with E-state index in [1.807, 2.05) is 6.20 Å². The summed E-state index contributed by atoms with van der Waals surface area (Å²) < 4.78 is 0. The van der Waals surface area contributed by atoms with Gasteiger partial charge in [-0.2, -0.15) is 10.2 Å². The lowest BCUT2D eigenvalue weighted by molar-refractivity contribution is 0.558. The van der Waals surface area contributed by atoms with Gasteiger partial charge in [0.15, 0.2) is 5.65 Å². The van der Waals surface area contributed by atoms with Gasteiger partial charge in [-0.15, -0.1) is 0 Å². The maximum absolute atomic E-state index is 4.73. The molecule has 0 aliphatic heterocycles. The molecule has 0 spiro atoms. The summed E-state index contributed by atoms with van der Waals surface area (Å²) in [7, 11) is 0. The normalized spacial score (nSPS) is 12.6. The lowest BCUT2D eigenvalue weighted by Gasteiger charge is -2.23. The minimum atomic E-state index is 0.0745. The van der Waals surface area contributed by atoms with Gasteiger partial charge in [-0.3, -0.25) is 10.2 Å². The zero-order chi connectivity index (χ0) is 23.8. The van der Waals surface area contributed by atoms with E-state index in [-0.39, 0.29) is 10.8 Å². The van der Waals surface area contributed by atoms with Crippen molar-refractivity contribution in [2.24, 2.45) is 0 Å². The number of hydrogen-bond donors (Lipinski definition) is 2. The Bertz CT molecular complexity index is 1100. The van der Waals surface area contributed by atoms with Crippen LogP contribution in [0, 0.1) is 0 Å². The van der Waals surface area contributed by atoms with Crippen molar-refractivity contribution in [3.8, 4) is 0 Å². The van der Waals surface area contributed by atoms with Gasteiger partial charge in [0.1, 0.15) is 5.52 Å². The first-order chi connectivity index (χ1) is 14.8. The van der Waals surface area contributed by atoms with Crippen LogP contribution in [0.1, 0.15) is 104 Å². The Morgan fingerprint density at radius 2 is 1.41 bits per heavy atom. The predicted octanol–water partition coefficient (Wildman–Crippen LogP) is 6.76. The topological polar surface area (TPSA) is 83.1 Å². The van der Waals surface area contributed by atoms with Crippen molar-refractivity contribution < 1.29 is 0 Å². The second-order valence-electron chi connectivity index (χ2n) is 11.3. The standard InChI is InChI=1S/2C13H19N3/c1-8(2)9-6-10-11(7-14-16-10)15-12(9)13(3,4)5;1-8(2)11-10(13(3,4)5)6-9-7-14-16-12(9)15-11/h6-8H,1-5H3,(H,14,16);6-8H,1-5H3,(H,14,15,16). The first-order valence-electron chi connectivity index (χ1n) is 11.5. The maximum Gasteiger partial charge on any atom is 0.155 e. The fourth-order valence-corrected chi connectivity index (χ4v) is 3.87. The molecule has 4 aromatic heterocycles. The van der Waals surface area contributed by atoms with Crippen molar-refractivity contribution in [3.63, 3.8) is 0 Å². The van der Waals surface area contributed by atoms with Crippen molar-refractivity contribution >= 4 is 22.1 Å². The van der Waals surface area contributed by atoms with Crippen molar-refractivity contribution in [1.29, 1.82) is 0 Å². The molecule has 6 nitrogen and oxygen atoms in total. The summed E-state index contributed by atoms with van der Waals surface area (Å²) in [5, 5.41) is 15.1. The van der Waals surface area contributed by atoms with Gasteiger partial charge in [-0.1, -0.05) is 69.2 Å². The van der Waals surface area contributed by atoms with Gasteiger partial charge in [-0.25, -0.2) is 9.97 Å². The molecule has 0 aliphatic carbocycles. The fourth-order valence-electron chi connectivity index (χ4n) is 3.87. The van der Waals surface area contributed by atoms with Crippen LogP contribution in [0.15, 0.2) is 24.5 Å². The monoisotopic (exact) mass is 434 g/mol. The van der Waals surface area contributed by atoms with Crippen LogP contribution < -0.4 is 0 Å². The molecule has 6 heteroatoms. The lowest BCUT2D eigenvalue weighted by atomic mass is 9.83. The molecule has 0 atom stereocenters. The SMILES string of the molecule is CC(C)c1cc2[nH]ncc2nc1C(C)(C)C.CC(C)c1nc2[nH]ncc2cc1C(C)(C)C. The molecule has 0 aliphatic rings. The van der Waals surface area contributed by atoms with Gasteiger partial charge < -0.3 is 0 Å². The van der Waals surface area contributed by atoms with Crippen molar-refractivity contribution in [3.05, 3.63) is 47.0 Å². The molecular weight excluding hydrogens is 396 g/mol. The first kappa shape index (κ1) is 23.9. The van der Waals surface area contributed by atoms with Crippen LogP contribution in [0.25, 0.3) is 22.1 Å². The molecule has 0 saturated carbocycles. The maximum atomic E-state index is 4.73. The van der Waals surface area contributed by atoms with Crippen molar-refractivity contribution in [2.45, 2.75) is 91.9 Å². The van der Waals surface area contributed by atoms with Crippen LogP contribution in [-0.2, 0) is 10.8 Å². The summed E-state index contributed by atoms with van der Waals surface area (Å²) >= 11 is 0. The number of hydrogen-bond acceptors (Lipinski definition) is 4. The van der Waals surface area contributed by atoms with E-state index in [4.69, 9.17) is 4.98 Å². The molecule has 4 aromatic rings. The molecule has 0 bridgehead atoms. The fraction of sp³-hybridized carbons (Fsp3) is 0.538. The molecule has 0 saturated heterocycles. The molecule has 0 amide bonds. The van der Waals surface area contributed by atoms with E-state index in [0.717, 1.165) is 22.1 Å². The number of aromatic amines is 2. The van der Waals surface area contributed by atoms with Crippen LogP contribution >= 0.6 is 0 Å². The Balaban J connectivity index is 0.000000181. The Morgan fingerprint density at radius 1 is 0.750 bits per heavy atom. The number of H-pyrrole nitrogens is 2. The second-order valence-corrected chi connectivity index (χ2v) is 11.3. The number of pyridine rings is 2. The highest BCUT2D eigenvalue weighted by atomic mass is 15.1. The number of aromatic nitrogens is 6. The van der Waals surface area contributed by atoms with Gasteiger partial charge in [0, 0.05) is 16.5 Å². The smallest absolute Gasteiger partial charge is 0.155 e. The molecule has 172 valence electrons. The number of nitrogens with zero attached hydrogens (tertiary/aromatic N) is 4. The third kappa shape index (κ3) is 5.00. The Hall–Kier alpha value is -2.76. The summed E-state index contributed by atoms with van der Waals surface area (Å²) in [6.45, 7) is 22.0.